The molecule has 0 fully saturated rings. The van der Waals surface area contributed by atoms with Crippen LogP contribution >= 0.6 is 0 Å². The van der Waals surface area contributed by atoms with Crippen molar-refractivity contribution in [2.45, 2.75) is 5.72 Å². The van der Waals surface area contributed by atoms with Crippen LogP contribution in [0, 0.1) is 5.82 Å². The zero-order valence-electron chi connectivity index (χ0n) is 17.2. The van der Waals surface area contributed by atoms with E-state index in [4.69, 9.17) is 9.84 Å². The number of imidazole rings is 1. The van der Waals surface area contributed by atoms with Gasteiger partial charge in [-0.1, -0.05) is 24.3 Å². The van der Waals surface area contributed by atoms with Crippen LogP contribution in [0.25, 0.3) is 11.0 Å². The summed E-state index contributed by atoms with van der Waals surface area (Å²) in [6.07, 6.45) is -1.29. The molecular weight excluding hydrogens is 431 g/mol. The molecule has 0 aliphatic carbocycles. The van der Waals surface area contributed by atoms with E-state index < -0.39 is 23.5 Å². The molecule has 2 heterocycles. The Balaban J connectivity index is 1.73. The lowest BCUT2D eigenvalue weighted by molar-refractivity contribution is 0.0699. The molecule has 33 heavy (non-hydrogen) atoms. The van der Waals surface area contributed by atoms with Gasteiger partial charge in [-0.25, -0.2) is 14.2 Å². The van der Waals surface area contributed by atoms with E-state index in [0.717, 1.165) is 11.0 Å². The van der Waals surface area contributed by atoms with Gasteiger partial charge < -0.3 is 19.9 Å². The standard InChI is InChI=1S/C23H17FN4O5/c1-33-13-7-8-16(24)19(11-13)28-20(29)14-4-2-3-5-15(14)23(28,32)12-6-9-17-18(10-12)26-21(25-17)27-22(30)31/h2-11,32H,1H3,(H,30,31)(H2,25,26,27). The van der Waals surface area contributed by atoms with Gasteiger partial charge in [-0.15, -0.1) is 0 Å². The number of aromatic amines is 1. The third-order valence-electron chi connectivity index (χ3n) is 5.56. The largest absolute Gasteiger partial charge is 0.497 e. The van der Waals surface area contributed by atoms with Crippen molar-refractivity contribution in [1.82, 2.24) is 9.97 Å². The minimum atomic E-state index is -2.06. The van der Waals surface area contributed by atoms with Gasteiger partial charge in [0.25, 0.3) is 5.91 Å². The maximum Gasteiger partial charge on any atom is 0.411 e. The number of fused-ring (bicyclic) bond motifs is 2. The lowest BCUT2D eigenvalue weighted by atomic mass is 9.93. The summed E-state index contributed by atoms with van der Waals surface area (Å²) in [6, 6.07) is 15.1. The lowest BCUT2D eigenvalue weighted by Crippen LogP contribution is -2.45. The van der Waals surface area contributed by atoms with Crippen LogP contribution in [0.3, 0.4) is 0 Å². The van der Waals surface area contributed by atoms with E-state index in [9.17, 15) is 19.1 Å². The highest BCUT2D eigenvalue weighted by atomic mass is 19.1. The minimum Gasteiger partial charge on any atom is -0.497 e. The minimum absolute atomic E-state index is 0.000217. The predicted molar refractivity (Wildman–Crippen MR) is 117 cm³/mol. The molecule has 2 amide bonds. The van der Waals surface area contributed by atoms with Crippen LogP contribution in [0.5, 0.6) is 5.75 Å². The Labute approximate surface area is 186 Å². The Morgan fingerprint density at radius 1 is 1.18 bits per heavy atom. The summed E-state index contributed by atoms with van der Waals surface area (Å²) in [5.41, 5.74) is -0.643. The number of benzene rings is 3. The molecule has 1 aliphatic heterocycles. The Kier molecular flexibility index (Phi) is 4.53. The van der Waals surface area contributed by atoms with Crippen LogP contribution in [-0.2, 0) is 5.72 Å². The van der Waals surface area contributed by atoms with Gasteiger partial charge >= 0.3 is 6.09 Å². The first-order chi connectivity index (χ1) is 15.8. The van der Waals surface area contributed by atoms with Crippen molar-refractivity contribution < 1.29 is 28.9 Å². The summed E-state index contributed by atoms with van der Waals surface area (Å²) in [4.78, 5) is 32.3. The summed E-state index contributed by atoms with van der Waals surface area (Å²) < 4.78 is 20.1. The molecule has 0 saturated carbocycles. The molecule has 0 bridgehead atoms. The fraction of sp³-hybridized carbons (Fsp3) is 0.0870. The number of nitrogens with one attached hydrogen (secondary N) is 2. The van der Waals surface area contributed by atoms with Crippen molar-refractivity contribution in [2.24, 2.45) is 0 Å². The molecule has 1 aromatic heterocycles. The van der Waals surface area contributed by atoms with Crippen LogP contribution in [0.2, 0.25) is 0 Å². The molecule has 1 unspecified atom stereocenters. The number of hydrogen-bond donors (Lipinski definition) is 4. The molecule has 10 heteroatoms. The number of rotatable bonds is 4. The maximum absolute atomic E-state index is 14.9. The SMILES string of the molecule is COc1ccc(F)c(N2C(=O)c3ccccc3C2(O)c2ccc3[nH]c(NC(=O)O)nc3c2)c1. The zero-order chi connectivity index (χ0) is 23.3. The van der Waals surface area contributed by atoms with Crippen molar-refractivity contribution in [2.75, 3.05) is 17.3 Å². The molecule has 4 N–H and O–H groups in total. The van der Waals surface area contributed by atoms with Crippen LogP contribution in [0.4, 0.5) is 20.8 Å². The number of ether oxygens (including phenoxy) is 1. The summed E-state index contributed by atoms with van der Waals surface area (Å²) in [5.74, 6) is -0.996. The molecular formula is C23H17FN4O5. The lowest BCUT2D eigenvalue weighted by Gasteiger charge is -2.35. The van der Waals surface area contributed by atoms with E-state index in [1.54, 1.807) is 36.4 Å². The smallest absolute Gasteiger partial charge is 0.411 e. The van der Waals surface area contributed by atoms with Crippen molar-refractivity contribution in [3.63, 3.8) is 0 Å². The number of carboxylic acid groups (broad SMARTS) is 1. The number of aromatic nitrogens is 2. The normalized spacial score (nSPS) is 17.3. The monoisotopic (exact) mass is 448 g/mol. The molecule has 5 rings (SSSR count). The second kappa shape index (κ2) is 7.31. The number of nitrogens with zero attached hydrogens (tertiary/aromatic N) is 2. The summed E-state index contributed by atoms with van der Waals surface area (Å²) >= 11 is 0. The number of hydrogen-bond acceptors (Lipinski definition) is 5. The Hall–Kier alpha value is -4.44. The Morgan fingerprint density at radius 3 is 2.73 bits per heavy atom. The molecule has 1 atom stereocenters. The quantitative estimate of drug-likeness (QED) is 0.377. The highest BCUT2D eigenvalue weighted by Gasteiger charge is 2.51. The van der Waals surface area contributed by atoms with E-state index >= 15 is 0 Å². The summed E-state index contributed by atoms with van der Waals surface area (Å²) in [7, 11) is 1.41. The number of methoxy groups -OCH3 is 1. The second-order valence-electron chi connectivity index (χ2n) is 7.42. The maximum atomic E-state index is 14.9. The van der Waals surface area contributed by atoms with E-state index in [1.165, 1.54) is 25.3 Å². The van der Waals surface area contributed by atoms with Gasteiger partial charge in [0.1, 0.15) is 11.6 Å². The number of amides is 2. The third kappa shape index (κ3) is 3.07. The average Bonchev–Trinajstić information content (AvgIpc) is 3.30. The van der Waals surface area contributed by atoms with E-state index in [-0.39, 0.29) is 28.3 Å². The highest BCUT2D eigenvalue weighted by molar-refractivity contribution is 6.12. The van der Waals surface area contributed by atoms with Crippen LogP contribution in [0.15, 0.2) is 60.7 Å². The Bertz CT molecular complexity index is 1440. The first kappa shape index (κ1) is 20.5. The van der Waals surface area contributed by atoms with Gasteiger partial charge in [0, 0.05) is 22.8 Å². The molecule has 3 aromatic carbocycles. The topological polar surface area (TPSA) is 128 Å². The molecule has 0 radical (unpaired) electrons. The van der Waals surface area contributed by atoms with Crippen LogP contribution in [-0.4, -0.2) is 39.3 Å². The van der Waals surface area contributed by atoms with Crippen molar-refractivity contribution >= 4 is 34.7 Å². The third-order valence-corrected chi connectivity index (χ3v) is 5.56. The molecule has 0 spiro atoms. The number of halogens is 1. The van der Waals surface area contributed by atoms with E-state index in [0.29, 0.717) is 16.8 Å². The highest BCUT2D eigenvalue weighted by Crippen LogP contribution is 2.46. The fourth-order valence-electron chi connectivity index (χ4n) is 4.10. The molecule has 9 nitrogen and oxygen atoms in total. The number of H-pyrrole nitrogens is 1. The number of carbonyl (C=O) groups excluding carboxylic acids is 1. The van der Waals surface area contributed by atoms with Crippen molar-refractivity contribution in [3.05, 3.63) is 83.2 Å². The second-order valence-corrected chi connectivity index (χ2v) is 7.42. The average molecular weight is 448 g/mol. The molecule has 0 saturated heterocycles. The first-order valence-corrected chi connectivity index (χ1v) is 9.83. The van der Waals surface area contributed by atoms with Crippen LogP contribution < -0.4 is 15.0 Å². The van der Waals surface area contributed by atoms with Crippen molar-refractivity contribution in [3.8, 4) is 5.75 Å². The van der Waals surface area contributed by atoms with Crippen LogP contribution in [0.1, 0.15) is 21.5 Å². The van der Waals surface area contributed by atoms with Gasteiger partial charge in [-0.3, -0.25) is 15.0 Å². The fourth-order valence-corrected chi connectivity index (χ4v) is 4.10. The van der Waals surface area contributed by atoms with Gasteiger partial charge in [-0.2, -0.15) is 0 Å². The Morgan fingerprint density at radius 2 is 1.97 bits per heavy atom. The number of anilines is 2. The van der Waals surface area contributed by atoms with Crippen molar-refractivity contribution in [1.29, 1.82) is 0 Å². The number of aliphatic hydroxyl groups is 1. The molecule has 166 valence electrons. The number of carbonyl (C=O) groups is 2. The molecule has 1 aliphatic rings. The first-order valence-electron chi connectivity index (χ1n) is 9.83. The predicted octanol–water partition coefficient (Wildman–Crippen LogP) is 3.65. The van der Waals surface area contributed by atoms with Gasteiger partial charge in [0.15, 0.2) is 5.72 Å². The van der Waals surface area contributed by atoms with E-state index in [1.807, 2.05) is 0 Å². The van der Waals surface area contributed by atoms with E-state index in [2.05, 4.69) is 15.3 Å². The van der Waals surface area contributed by atoms with Gasteiger partial charge in [-0.05, 0) is 30.3 Å². The summed E-state index contributed by atoms with van der Waals surface area (Å²) in [6.45, 7) is 0. The summed E-state index contributed by atoms with van der Waals surface area (Å²) in [5, 5.41) is 23.1. The molecule has 4 aromatic rings. The van der Waals surface area contributed by atoms with Gasteiger partial charge in [0.2, 0.25) is 5.95 Å². The zero-order valence-corrected chi connectivity index (χ0v) is 17.2. The van der Waals surface area contributed by atoms with Gasteiger partial charge in [0.05, 0.1) is 23.8 Å².